The number of para-hydroxylation sites is 2. The summed E-state index contributed by atoms with van der Waals surface area (Å²) in [5.74, 6) is -3.36. The van der Waals surface area contributed by atoms with Gasteiger partial charge in [0, 0.05) is 11.4 Å². The third kappa shape index (κ3) is 4.59. The average Bonchev–Trinajstić information content (AvgIpc) is 3.13. The summed E-state index contributed by atoms with van der Waals surface area (Å²) >= 11 is 0.974. The molecule has 0 fully saturated rings. The first-order chi connectivity index (χ1) is 13.0. The van der Waals surface area contributed by atoms with Crippen molar-refractivity contribution in [1.82, 2.24) is 0 Å². The molecule has 136 valence electrons. The number of benzene rings is 2. The van der Waals surface area contributed by atoms with Crippen LogP contribution in [0.3, 0.4) is 0 Å². The van der Waals surface area contributed by atoms with Gasteiger partial charge in [-0.2, -0.15) is 0 Å². The van der Waals surface area contributed by atoms with Crippen LogP contribution in [0, 0.1) is 0 Å². The largest absolute Gasteiger partial charge is 0.477 e. The number of amides is 2. The van der Waals surface area contributed by atoms with Crippen molar-refractivity contribution in [2.45, 2.75) is 5.92 Å². The molecule has 0 aliphatic rings. The van der Waals surface area contributed by atoms with E-state index in [2.05, 4.69) is 10.6 Å². The van der Waals surface area contributed by atoms with Gasteiger partial charge in [0.1, 0.15) is 10.8 Å². The predicted octanol–water partition coefficient (Wildman–Crippen LogP) is 3.81. The van der Waals surface area contributed by atoms with E-state index in [0.717, 1.165) is 11.3 Å². The Morgan fingerprint density at radius 3 is 1.70 bits per heavy atom. The minimum Gasteiger partial charge on any atom is -0.477 e. The number of anilines is 2. The fourth-order valence-electron chi connectivity index (χ4n) is 2.51. The van der Waals surface area contributed by atoms with Crippen molar-refractivity contribution in [2.24, 2.45) is 0 Å². The van der Waals surface area contributed by atoms with Crippen LogP contribution in [-0.4, -0.2) is 22.9 Å². The van der Waals surface area contributed by atoms with Crippen molar-refractivity contribution >= 4 is 40.5 Å². The lowest BCUT2D eigenvalue weighted by atomic mass is 9.99. The molecule has 0 radical (unpaired) electrons. The summed E-state index contributed by atoms with van der Waals surface area (Å²) in [7, 11) is 0. The second kappa shape index (κ2) is 8.29. The van der Waals surface area contributed by atoms with Crippen molar-refractivity contribution < 1.29 is 19.5 Å². The molecule has 2 amide bonds. The van der Waals surface area contributed by atoms with Gasteiger partial charge < -0.3 is 15.7 Å². The lowest BCUT2D eigenvalue weighted by molar-refractivity contribution is -0.125. The van der Waals surface area contributed by atoms with Crippen molar-refractivity contribution in [1.29, 1.82) is 0 Å². The molecule has 0 saturated heterocycles. The number of hydrogen-bond donors (Lipinski definition) is 3. The molecule has 27 heavy (non-hydrogen) atoms. The Kier molecular flexibility index (Phi) is 5.63. The van der Waals surface area contributed by atoms with E-state index in [1.165, 1.54) is 11.4 Å². The first-order valence-corrected chi connectivity index (χ1v) is 8.96. The molecule has 0 bridgehead atoms. The SMILES string of the molecule is O=C(O)c1cc(C(C(=O)Nc2ccccc2)C(=O)Nc2ccccc2)cs1. The fraction of sp³-hybridized carbons (Fsp3) is 0.0500. The molecular formula is C20H16N2O4S. The van der Waals surface area contributed by atoms with Crippen LogP contribution >= 0.6 is 11.3 Å². The van der Waals surface area contributed by atoms with E-state index in [-0.39, 0.29) is 4.88 Å². The lowest BCUT2D eigenvalue weighted by Crippen LogP contribution is -2.31. The van der Waals surface area contributed by atoms with Gasteiger partial charge in [-0.3, -0.25) is 9.59 Å². The van der Waals surface area contributed by atoms with Gasteiger partial charge in [0.05, 0.1) is 0 Å². The summed E-state index contributed by atoms with van der Waals surface area (Å²) in [5.41, 5.74) is 1.43. The summed E-state index contributed by atoms with van der Waals surface area (Å²) in [4.78, 5) is 36.9. The van der Waals surface area contributed by atoms with Crippen LogP contribution in [0.15, 0.2) is 72.1 Å². The molecule has 3 N–H and O–H groups in total. The number of nitrogens with one attached hydrogen (secondary N) is 2. The number of hydrogen-bond acceptors (Lipinski definition) is 4. The molecule has 2 aromatic carbocycles. The minimum atomic E-state index is -1.19. The van der Waals surface area contributed by atoms with E-state index in [1.54, 1.807) is 48.5 Å². The van der Waals surface area contributed by atoms with E-state index in [1.807, 2.05) is 12.1 Å². The fourth-order valence-corrected chi connectivity index (χ4v) is 3.28. The Morgan fingerprint density at radius 1 is 0.815 bits per heavy atom. The maximum absolute atomic E-state index is 12.8. The van der Waals surface area contributed by atoms with E-state index in [4.69, 9.17) is 5.11 Å². The zero-order chi connectivity index (χ0) is 19.2. The monoisotopic (exact) mass is 380 g/mol. The Hall–Kier alpha value is -3.45. The van der Waals surface area contributed by atoms with Crippen LogP contribution < -0.4 is 10.6 Å². The summed E-state index contributed by atoms with van der Waals surface area (Å²) in [5, 5.41) is 16.1. The maximum atomic E-state index is 12.8. The molecular weight excluding hydrogens is 364 g/mol. The number of carbonyl (C=O) groups excluding carboxylic acids is 2. The molecule has 0 atom stereocenters. The second-order valence-electron chi connectivity index (χ2n) is 5.69. The van der Waals surface area contributed by atoms with Gasteiger partial charge in [0.25, 0.3) is 0 Å². The molecule has 6 nitrogen and oxygen atoms in total. The van der Waals surface area contributed by atoms with Crippen molar-refractivity contribution in [3.63, 3.8) is 0 Å². The highest BCUT2D eigenvalue weighted by Crippen LogP contribution is 2.26. The van der Waals surface area contributed by atoms with Crippen LogP contribution in [0.25, 0.3) is 0 Å². The topological polar surface area (TPSA) is 95.5 Å². The van der Waals surface area contributed by atoms with Gasteiger partial charge in [-0.25, -0.2) is 4.79 Å². The third-order valence-electron chi connectivity index (χ3n) is 3.77. The smallest absolute Gasteiger partial charge is 0.345 e. The Bertz CT molecular complexity index is 901. The molecule has 0 unspecified atom stereocenters. The molecule has 0 aliphatic carbocycles. The average molecular weight is 380 g/mol. The summed E-state index contributed by atoms with van der Waals surface area (Å²) < 4.78 is 0. The van der Waals surface area contributed by atoms with E-state index in [9.17, 15) is 14.4 Å². The molecule has 0 aliphatic heterocycles. The van der Waals surface area contributed by atoms with Crippen molar-refractivity contribution in [3.05, 3.63) is 82.6 Å². The zero-order valence-corrected chi connectivity index (χ0v) is 14.9. The van der Waals surface area contributed by atoms with Crippen LogP contribution in [0.2, 0.25) is 0 Å². The first kappa shape index (κ1) is 18.3. The van der Waals surface area contributed by atoms with Crippen LogP contribution in [0.4, 0.5) is 11.4 Å². The van der Waals surface area contributed by atoms with Gasteiger partial charge >= 0.3 is 5.97 Å². The zero-order valence-electron chi connectivity index (χ0n) is 14.1. The second-order valence-corrected chi connectivity index (χ2v) is 6.60. The lowest BCUT2D eigenvalue weighted by Gasteiger charge is -2.16. The molecule has 0 saturated carbocycles. The quantitative estimate of drug-likeness (QED) is 0.567. The minimum absolute atomic E-state index is 0.0648. The van der Waals surface area contributed by atoms with Crippen molar-refractivity contribution in [2.75, 3.05) is 10.6 Å². The summed E-state index contributed by atoms with van der Waals surface area (Å²) in [6.07, 6.45) is 0. The molecule has 0 spiro atoms. The number of aromatic carboxylic acids is 1. The van der Waals surface area contributed by atoms with E-state index in [0.29, 0.717) is 16.9 Å². The number of thiophene rings is 1. The summed E-state index contributed by atoms with van der Waals surface area (Å²) in [6, 6.07) is 18.9. The highest BCUT2D eigenvalue weighted by molar-refractivity contribution is 7.12. The van der Waals surface area contributed by atoms with E-state index < -0.39 is 23.7 Å². The van der Waals surface area contributed by atoms with Gasteiger partial charge in [0.2, 0.25) is 11.8 Å². The third-order valence-corrected chi connectivity index (χ3v) is 4.71. The maximum Gasteiger partial charge on any atom is 0.345 e. The predicted molar refractivity (Wildman–Crippen MR) is 104 cm³/mol. The normalized spacial score (nSPS) is 10.4. The number of carboxylic acids is 1. The van der Waals surface area contributed by atoms with Gasteiger partial charge in [-0.05, 0) is 41.3 Å². The van der Waals surface area contributed by atoms with Gasteiger partial charge in [-0.15, -0.1) is 11.3 Å². The molecule has 1 aromatic heterocycles. The number of rotatable bonds is 6. The Balaban J connectivity index is 1.88. The highest BCUT2D eigenvalue weighted by atomic mass is 32.1. The van der Waals surface area contributed by atoms with E-state index >= 15 is 0 Å². The first-order valence-electron chi connectivity index (χ1n) is 8.08. The van der Waals surface area contributed by atoms with Crippen molar-refractivity contribution in [3.8, 4) is 0 Å². The summed E-state index contributed by atoms with van der Waals surface area (Å²) in [6.45, 7) is 0. The Morgan fingerprint density at radius 2 is 1.30 bits per heavy atom. The standard InChI is InChI=1S/C20H16N2O4S/c23-18(21-14-7-3-1-4-8-14)17(13-11-16(20(25)26)27-12-13)19(24)22-15-9-5-2-6-10-15/h1-12,17H,(H,21,23)(H,22,24)(H,25,26). The van der Waals surface area contributed by atoms with Crippen LogP contribution in [0.1, 0.15) is 21.2 Å². The van der Waals surface area contributed by atoms with Gasteiger partial charge in [-0.1, -0.05) is 36.4 Å². The molecule has 3 aromatic rings. The molecule has 1 heterocycles. The number of carbonyl (C=O) groups is 3. The number of carboxylic acid groups (broad SMARTS) is 1. The molecule has 3 rings (SSSR count). The Labute approximate surface area is 159 Å². The van der Waals surface area contributed by atoms with Gasteiger partial charge in [0.15, 0.2) is 0 Å². The molecule has 7 heteroatoms. The van der Waals surface area contributed by atoms with Crippen LogP contribution in [-0.2, 0) is 9.59 Å². The van der Waals surface area contributed by atoms with Crippen LogP contribution in [0.5, 0.6) is 0 Å². The highest BCUT2D eigenvalue weighted by Gasteiger charge is 2.30.